The smallest absolute Gasteiger partial charge is 0.225 e. The van der Waals surface area contributed by atoms with Crippen molar-refractivity contribution in [3.8, 4) is 11.4 Å². The number of benzene rings is 1. The quantitative estimate of drug-likeness (QED) is 0.752. The van der Waals surface area contributed by atoms with Crippen molar-refractivity contribution in [2.75, 3.05) is 11.5 Å². The lowest BCUT2D eigenvalue weighted by molar-refractivity contribution is 0.587. The van der Waals surface area contributed by atoms with Gasteiger partial charge in [-0.1, -0.05) is 6.07 Å². The summed E-state index contributed by atoms with van der Waals surface area (Å²) in [5, 5.41) is 0. The van der Waals surface area contributed by atoms with Crippen molar-refractivity contribution in [2.45, 2.75) is 0 Å². The molecule has 0 bridgehead atoms. The summed E-state index contributed by atoms with van der Waals surface area (Å²) in [6.07, 6.45) is 0. The molecule has 0 atom stereocenters. The Kier molecular flexibility index (Phi) is 2.35. The van der Waals surface area contributed by atoms with Gasteiger partial charge in [0.05, 0.1) is 5.56 Å². The largest absolute Gasteiger partial charge is 0.368 e. The highest BCUT2D eigenvalue weighted by molar-refractivity contribution is 5.58. The molecule has 2 rings (SSSR count). The highest BCUT2D eigenvalue weighted by Crippen LogP contribution is 2.23. The number of nitrogens with zero attached hydrogens (tertiary/aromatic N) is 3. The van der Waals surface area contributed by atoms with Crippen molar-refractivity contribution < 1.29 is 8.78 Å². The molecule has 5 nitrogen and oxygen atoms in total. The normalized spacial score (nSPS) is 10.4. The predicted octanol–water partition coefficient (Wildman–Crippen LogP) is 0.981. The molecular formula is C9H7F2N5. The lowest BCUT2D eigenvalue weighted by Gasteiger charge is -2.04. The molecule has 0 aliphatic heterocycles. The molecule has 4 N–H and O–H groups in total. The maximum atomic E-state index is 13.4. The number of nitrogen functional groups attached to an aromatic ring is 2. The van der Waals surface area contributed by atoms with Gasteiger partial charge in [-0.25, -0.2) is 8.78 Å². The van der Waals surface area contributed by atoms with Crippen molar-refractivity contribution in [3.63, 3.8) is 0 Å². The summed E-state index contributed by atoms with van der Waals surface area (Å²) in [5.41, 5.74) is 10.2. The summed E-state index contributed by atoms with van der Waals surface area (Å²) in [6, 6.07) is 3.42. The molecule has 0 saturated heterocycles. The van der Waals surface area contributed by atoms with E-state index >= 15 is 0 Å². The first kappa shape index (κ1) is 10.2. The van der Waals surface area contributed by atoms with Crippen LogP contribution in [0.1, 0.15) is 0 Å². The third-order valence-electron chi connectivity index (χ3n) is 1.86. The minimum absolute atomic E-state index is 0.190. The van der Waals surface area contributed by atoms with Crippen LogP contribution in [0.2, 0.25) is 0 Å². The van der Waals surface area contributed by atoms with E-state index in [4.69, 9.17) is 11.5 Å². The first-order chi connectivity index (χ1) is 7.58. The Bertz CT molecular complexity index is 503. The Morgan fingerprint density at radius 2 is 1.38 bits per heavy atom. The first-order valence-electron chi connectivity index (χ1n) is 4.29. The van der Waals surface area contributed by atoms with Crippen molar-refractivity contribution in [2.24, 2.45) is 0 Å². The maximum Gasteiger partial charge on any atom is 0.225 e. The summed E-state index contributed by atoms with van der Waals surface area (Å²) in [4.78, 5) is 10.8. The van der Waals surface area contributed by atoms with Crippen LogP contribution in [0, 0.1) is 11.6 Å². The Hall–Kier alpha value is -2.31. The van der Waals surface area contributed by atoms with E-state index in [1.807, 2.05) is 0 Å². The highest BCUT2D eigenvalue weighted by atomic mass is 19.1. The summed E-state index contributed by atoms with van der Waals surface area (Å²) in [5.74, 6) is -2.18. The van der Waals surface area contributed by atoms with Crippen LogP contribution in [0.25, 0.3) is 11.4 Å². The zero-order chi connectivity index (χ0) is 11.7. The molecule has 16 heavy (non-hydrogen) atoms. The molecule has 0 spiro atoms. The van der Waals surface area contributed by atoms with Gasteiger partial charge < -0.3 is 11.5 Å². The van der Waals surface area contributed by atoms with Crippen LogP contribution >= 0.6 is 0 Å². The number of nitrogens with two attached hydrogens (primary N) is 2. The fourth-order valence-corrected chi connectivity index (χ4v) is 1.23. The summed E-state index contributed by atoms with van der Waals surface area (Å²) in [6.45, 7) is 0. The van der Waals surface area contributed by atoms with Crippen molar-refractivity contribution in [1.82, 2.24) is 15.0 Å². The first-order valence-corrected chi connectivity index (χ1v) is 4.29. The van der Waals surface area contributed by atoms with Crippen LogP contribution in [0.4, 0.5) is 20.7 Å². The van der Waals surface area contributed by atoms with Crippen molar-refractivity contribution in [1.29, 1.82) is 0 Å². The highest BCUT2D eigenvalue weighted by Gasteiger charge is 2.15. The Morgan fingerprint density at radius 3 is 1.88 bits per heavy atom. The zero-order valence-electron chi connectivity index (χ0n) is 7.98. The molecule has 0 unspecified atom stereocenters. The Morgan fingerprint density at radius 1 is 0.875 bits per heavy atom. The van der Waals surface area contributed by atoms with E-state index in [9.17, 15) is 8.78 Å². The van der Waals surface area contributed by atoms with Gasteiger partial charge in [0.15, 0.2) is 5.82 Å². The molecule has 0 saturated carbocycles. The van der Waals surface area contributed by atoms with Gasteiger partial charge in [0, 0.05) is 0 Å². The standard InChI is InChI=1S/C9H7F2N5/c10-4-2-1-3-5(11)6(4)7-14-8(12)16-9(13)15-7/h1-3H,(H4,12,13,14,15,16). The van der Waals surface area contributed by atoms with Crippen molar-refractivity contribution in [3.05, 3.63) is 29.8 Å². The van der Waals surface area contributed by atoms with Crippen LogP contribution in [-0.4, -0.2) is 15.0 Å². The molecular weight excluding hydrogens is 216 g/mol. The van der Waals surface area contributed by atoms with Gasteiger partial charge in [0.25, 0.3) is 0 Å². The Balaban J connectivity index is 2.67. The summed E-state index contributed by atoms with van der Waals surface area (Å²) < 4.78 is 26.8. The Labute approximate surface area is 89.2 Å². The SMILES string of the molecule is Nc1nc(N)nc(-c2c(F)cccc2F)n1. The van der Waals surface area contributed by atoms with Gasteiger partial charge in [-0.2, -0.15) is 15.0 Å². The molecule has 0 radical (unpaired) electrons. The number of hydrogen-bond acceptors (Lipinski definition) is 5. The molecule has 0 amide bonds. The molecule has 2 aromatic rings. The molecule has 0 fully saturated rings. The lowest BCUT2D eigenvalue weighted by atomic mass is 10.2. The van der Waals surface area contributed by atoms with Crippen LogP contribution in [0.3, 0.4) is 0 Å². The van der Waals surface area contributed by atoms with Crippen LogP contribution in [0.5, 0.6) is 0 Å². The van der Waals surface area contributed by atoms with Gasteiger partial charge in [0.1, 0.15) is 11.6 Å². The second kappa shape index (κ2) is 3.69. The summed E-state index contributed by atoms with van der Waals surface area (Å²) in [7, 11) is 0. The van der Waals surface area contributed by atoms with E-state index in [1.165, 1.54) is 6.07 Å². The van der Waals surface area contributed by atoms with Gasteiger partial charge in [-0.3, -0.25) is 0 Å². The topological polar surface area (TPSA) is 90.7 Å². The average molecular weight is 223 g/mol. The molecule has 7 heteroatoms. The van der Waals surface area contributed by atoms with E-state index < -0.39 is 11.6 Å². The minimum atomic E-state index is -0.787. The second-order valence-electron chi connectivity index (χ2n) is 2.97. The number of aromatic nitrogens is 3. The maximum absolute atomic E-state index is 13.4. The van der Waals surface area contributed by atoms with E-state index in [2.05, 4.69) is 15.0 Å². The van der Waals surface area contributed by atoms with E-state index in [0.29, 0.717) is 0 Å². The minimum Gasteiger partial charge on any atom is -0.368 e. The van der Waals surface area contributed by atoms with E-state index in [0.717, 1.165) is 12.1 Å². The van der Waals surface area contributed by atoms with E-state index in [1.54, 1.807) is 0 Å². The van der Waals surface area contributed by atoms with Gasteiger partial charge in [0.2, 0.25) is 11.9 Å². The van der Waals surface area contributed by atoms with Crippen molar-refractivity contribution >= 4 is 11.9 Å². The molecule has 0 aliphatic rings. The van der Waals surface area contributed by atoms with Crippen LogP contribution < -0.4 is 11.5 Å². The van der Waals surface area contributed by atoms with Gasteiger partial charge >= 0.3 is 0 Å². The number of rotatable bonds is 1. The fraction of sp³-hybridized carbons (Fsp3) is 0. The number of hydrogen-bond donors (Lipinski definition) is 2. The van der Waals surface area contributed by atoms with Crippen LogP contribution in [-0.2, 0) is 0 Å². The van der Waals surface area contributed by atoms with Crippen LogP contribution in [0.15, 0.2) is 18.2 Å². The predicted molar refractivity (Wildman–Crippen MR) is 54.0 cm³/mol. The number of anilines is 2. The molecule has 82 valence electrons. The second-order valence-corrected chi connectivity index (χ2v) is 2.97. The molecule has 1 heterocycles. The van der Waals surface area contributed by atoms with E-state index in [-0.39, 0.29) is 23.3 Å². The third-order valence-corrected chi connectivity index (χ3v) is 1.86. The average Bonchev–Trinajstić information content (AvgIpc) is 2.15. The zero-order valence-corrected chi connectivity index (χ0v) is 7.98. The summed E-state index contributed by atoms with van der Waals surface area (Å²) >= 11 is 0. The molecule has 1 aromatic heterocycles. The monoisotopic (exact) mass is 223 g/mol. The lowest BCUT2D eigenvalue weighted by Crippen LogP contribution is -2.05. The molecule has 1 aromatic carbocycles. The molecule has 0 aliphatic carbocycles. The van der Waals surface area contributed by atoms with Gasteiger partial charge in [-0.15, -0.1) is 0 Å². The third kappa shape index (κ3) is 1.74. The number of halogens is 2. The van der Waals surface area contributed by atoms with Gasteiger partial charge in [-0.05, 0) is 12.1 Å². The fourth-order valence-electron chi connectivity index (χ4n) is 1.23.